The molecule has 21 heavy (non-hydrogen) atoms. The van der Waals surface area contributed by atoms with E-state index in [-0.39, 0.29) is 6.61 Å². The van der Waals surface area contributed by atoms with E-state index in [0.29, 0.717) is 11.5 Å². The number of likely N-dealkylation sites (tertiary alicyclic amines) is 1. The molecule has 0 aromatic heterocycles. The van der Waals surface area contributed by atoms with Crippen molar-refractivity contribution < 1.29 is 9.47 Å². The van der Waals surface area contributed by atoms with Crippen LogP contribution in [0.4, 0.5) is 0 Å². The van der Waals surface area contributed by atoms with Crippen molar-refractivity contribution in [2.75, 3.05) is 26.8 Å². The molecule has 1 aromatic carbocycles. The van der Waals surface area contributed by atoms with Crippen molar-refractivity contribution in [2.24, 2.45) is 5.92 Å². The first kappa shape index (κ1) is 15.7. The van der Waals surface area contributed by atoms with E-state index in [1.165, 1.54) is 12.8 Å². The SMILES string of the molecule is C#CCOc1ccc(C(=S)N2CCC(C)CC2)cc1OC. The highest BCUT2D eigenvalue weighted by atomic mass is 32.1. The summed E-state index contributed by atoms with van der Waals surface area (Å²) in [6, 6.07) is 5.76. The minimum absolute atomic E-state index is 0.226. The maximum Gasteiger partial charge on any atom is 0.162 e. The van der Waals surface area contributed by atoms with Crippen molar-refractivity contribution in [1.29, 1.82) is 0 Å². The summed E-state index contributed by atoms with van der Waals surface area (Å²) in [6.07, 6.45) is 7.60. The van der Waals surface area contributed by atoms with Crippen LogP contribution in [0.1, 0.15) is 25.3 Å². The summed E-state index contributed by atoms with van der Waals surface area (Å²) < 4.78 is 10.8. The Bertz CT molecular complexity index is 542. The molecule has 0 aliphatic carbocycles. The zero-order valence-electron chi connectivity index (χ0n) is 12.6. The Labute approximate surface area is 132 Å². The zero-order valence-corrected chi connectivity index (χ0v) is 13.4. The van der Waals surface area contributed by atoms with Gasteiger partial charge in [0.1, 0.15) is 11.6 Å². The minimum Gasteiger partial charge on any atom is -0.493 e. The molecule has 0 saturated carbocycles. The van der Waals surface area contributed by atoms with Crippen molar-refractivity contribution in [1.82, 2.24) is 4.90 Å². The van der Waals surface area contributed by atoms with Crippen molar-refractivity contribution in [3.05, 3.63) is 23.8 Å². The van der Waals surface area contributed by atoms with Crippen LogP contribution in [0.5, 0.6) is 11.5 Å². The lowest BCUT2D eigenvalue weighted by Crippen LogP contribution is -2.37. The third kappa shape index (κ3) is 3.89. The van der Waals surface area contributed by atoms with Crippen LogP contribution in [-0.2, 0) is 0 Å². The van der Waals surface area contributed by atoms with Gasteiger partial charge in [0, 0.05) is 18.7 Å². The molecule has 0 spiro atoms. The molecule has 2 rings (SSSR count). The number of nitrogens with zero attached hydrogens (tertiary/aromatic N) is 1. The molecule has 0 radical (unpaired) electrons. The summed E-state index contributed by atoms with van der Waals surface area (Å²) in [6.45, 7) is 4.57. The van der Waals surface area contributed by atoms with Gasteiger partial charge in [-0.05, 0) is 37.0 Å². The fourth-order valence-corrected chi connectivity index (χ4v) is 2.74. The molecule has 0 atom stereocenters. The fourth-order valence-electron chi connectivity index (χ4n) is 2.43. The van der Waals surface area contributed by atoms with E-state index in [4.69, 9.17) is 28.1 Å². The first-order chi connectivity index (χ1) is 10.2. The van der Waals surface area contributed by atoms with Gasteiger partial charge < -0.3 is 14.4 Å². The lowest BCUT2D eigenvalue weighted by Gasteiger charge is -2.32. The number of ether oxygens (including phenoxy) is 2. The van der Waals surface area contributed by atoms with Gasteiger partial charge in [-0.1, -0.05) is 25.1 Å². The topological polar surface area (TPSA) is 21.7 Å². The number of piperidine rings is 1. The predicted octanol–water partition coefficient (Wildman–Crippen LogP) is 3.11. The standard InChI is InChI=1S/C17H21NO2S/c1-4-11-20-15-6-5-14(12-16(15)19-3)17(21)18-9-7-13(2)8-10-18/h1,5-6,12-13H,7-11H2,2-3H3. The number of thiocarbonyl (C=S) groups is 1. The summed E-state index contributed by atoms with van der Waals surface area (Å²) in [4.78, 5) is 3.15. The van der Waals surface area contributed by atoms with E-state index in [0.717, 1.165) is 29.6 Å². The van der Waals surface area contributed by atoms with Crippen LogP contribution in [-0.4, -0.2) is 36.7 Å². The number of methoxy groups -OCH3 is 1. The normalized spacial score (nSPS) is 15.4. The second-order valence-corrected chi connectivity index (χ2v) is 5.72. The lowest BCUT2D eigenvalue weighted by molar-refractivity contribution is 0.284. The van der Waals surface area contributed by atoms with E-state index >= 15 is 0 Å². The summed E-state index contributed by atoms with van der Waals surface area (Å²) in [5.74, 6) is 4.55. The molecule has 0 bridgehead atoms. The van der Waals surface area contributed by atoms with Gasteiger partial charge in [-0.25, -0.2) is 0 Å². The first-order valence-corrected chi connectivity index (χ1v) is 7.60. The minimum atomic E-state index is 0.226. The molecule has 0 N–H and O–H groups in total. The van der Waals surface area contributed by atoms with Crippen LogP contribution in [0, 0.1) is 18.3 Å². The first-order valence-electron chi connectivity index (χ1n) is 7.19. The predicted molar refractivity (Wildman–Crippen MR) is 89.0 cm³/mol. The van der Waals surface area contributed by atoms with Gasteiger partial charge in [0.25, 0.3) is 0 Å². The highest BCUT2D eigenvalue weighted by Crippen LogP contribution is 2.29. The Morgan fingerprint density at radius 3 is 2.71 bits per heavy atom. The Morgan fingerprint density at radius 1 is 1.38 bits per heavy atom. The van der Waals surface area contributed by atoms with Crippen LogP contribution in [0.3, 0.4) is 0 Å². The highest BCUT2D eigenvalue weighted by Gasteiger charge is 2.19. The van der Waals surface area contributed by atoms with Gasteiger partial charge in [-0.3, -0.25) is 0 Å². The van der Waals surface area contributed by atoms with Gasteiger partial charge in [-0.2, -0.15) is 0 Å². The quantitative estimate of drug-likeness (QED) is 0.629. The maximum absolute atomic E-state index is 5.61. The molecule has 1 aromatic rings. The van der Waals surface area contributed by atoms with Crippen molar-refractivity contribution >= 4 is 17.2 Å². The molecule has 112 valence electrons. The van der Waals surface area contributed by atoms with Crippen molar-refractivity contribution in [3.8, 4) is 23.8 Å². The van der Waals surface area contributed by atoms with Crippen LogP contribution in [0.2, 0.25) is 0 Å². The lowest BCUT2D eigenvalue weighted by atomic mass is 9.99. The Hall–Kier alpha value is -1.73. The Kier molecular flexibility index (Phi) is 5.46. The Balaban J connectivity index is 2.12. The highest BCUT2D eigenvalue weighted by molar-refractivity contribution is 7.80. The molecule has 1 saturated heterocycles. The van der Waals surface area contributed by atoms with E-state index in [1.54, 1.807) is 7.11 Å². The zero-order chi connectivity index (χ0) is 15.2. The molecule has 3 nitrogen and oxygen atoms in total. The van der Waals surface area contributed by atoms with Crippen LogP contribution in [0.15, 0.2) is 18.2 Å². The molecular weight excluding hydrogens is 282 g/mol. The molecule has 1 aliphatic rings. The molecule has 4 heteroatoms. The summed E-state index contributed by atoms with van der Waals surface area (Å²) in [5, 5.41) is 0. The third-order valence-corrected chi connectivity index (χ3v) is 4.29. The Morgan fingerprint density at radius 2 is 2.10 bits per heavy atom. The van der Waals surface area contributed by atoms with Crippen molar-refractivity contribution in [3.63, 3.8) is 0 Å². The molecule has 0 unspecified atom stereocenters. The fraction of sp³-hybridized carbons (Fsp3) is 0.471. The van der Waals surface area contributed by atoms with Gasteiger partial charge in [0.05, 0.1) is 7.11 Å². The number of benzene rings is 1. The smallest absolute Gasteiger partial charge is 0.162 e. The van der Waals surface area contributed by atoms with E-state index in [9.17, 15) is 0 Å². The summed E-state index contributed by atoms with van der Waals surface area (Å²) in [7, 11) is 1.62. The van der Waals surface area contributed by atoms with Gasteiger partial charge in [-0.15, -0.1) is 6.42 Å². The van der Waals surface area contributed by atoms with Crippen molar-refractivity contribution in [2.45, 2.75) is 19.8 Å². The number of hydrogen-bond donors (Lipinski definition) is 0. The molecule has 1 aliphatic heterocycles. The van der Waals surface area contributed by atoms with E-state index in [1.807, 2.05) is 18.2 Å². The average Bonchev–Trinajstić information content (AvgIpc) is 2.52. The largest absolute Gasteiger partial charge is 0.493 e. The molecule has 0 amide bonds. The van der Waals surface area contributed by atoms with Crippen LogP contribution < -0.4 is 9.47 Å². The van der Waals surface area contributed by atoms with E-state index in [2.05, 4.69) is 17.7 Å². The van der Waals surface area contributed by atoms with Crippen LogP contribution >= 0.6 is 12.2 Å². The summed E-state index contributed by atoms with van der Waals surface area (Å²) >= 11 is 5.61. The van der Waals surface area contributed by atoms with E-state index < -0.39 is 0 Å². The van der Waals surface area contributed by atoms with Crippen LogP contribution in [0.25, 0.3) is 0 Å². The van der Waals surface area contributed by atoms with Gasteiger partial charge in [0.15, 0.2) is 11.5 Å². The third-order valence-electron chi connectivity index (χ3n) is 3.79. The molecular formula is C17H21NO2S. The van der Waals surface area contributed by atoms with Gasteiger partial charge in [0.2, 0.25) is 0 Å². The summed E-state index contributed by atoms with van der Waals surface area (Å²) in [5.41, 5.74) is 0.990. The number of terminal acetylenes is 1. The second kappa shape index (κ2) is 7.33. The average molecular weight is 303 g/mol. The second-order valence-electron chi connectivity index (χ2n) is 5.33. The number of rotatable bonds is 4. The van der Waals surface area contributed by atoms with Gasteiger partial charge >= 0.3 is 0 Å². The molecule has 1 heterocycles. The number of hydrogen-bond acceptors (Lipinski definition) is 3. The molecule has 1 fully saturated rings. The maximum atomic E-state index is 5.61. The monoisotopic (exact) mass is 303 g/mol.